The van der Waals surface area contributed by atoms with E-state index in [2.05, 4.69) is 53.4 Å². The van der Waals surface area contributed by atoms with Crippen LogP contribution in [0.1, 0.15) is 44.7 Å². The summed E-state index contributed by atoms with van der Waals surface area (Å²) in [6.07, 6.45) is 4.45. The molecule has 0 amide bonds. The Labute approximate surface area is 190 Å². The van der Waals surface area contributed by atoms with Crippen molar-refractivity contribution in [3.8, 4) is 0 Å². The highest BCUT2D eigenvalue weighted by Gasteiger charge is 2.44. The minimum absolute atomic E-state index is 0.00786. The molecule has 0 spiro atoms. The normalized spacial score (nSPS) is 22.5. The fourth-order valence-corrected chi connectivity index (χ4v) is 4.36. The lowest BCUT2D eigenvalue weighted by Crippen LogP contribution is -2.45. The first kappa shape index (κ1) is 22.5. The molecule has 2 aliphatic rings. The number of pyridine rings is 1. The van der Waals surface area contributed by atoms with Gasteiger partial charge in [-0.2, -0.15) is 0 Å². The number of anilines is 1. The highest BCUT2D eigenvalue weighted by Crippen LogP contribution is 2.47. The van der Waals surface area contributed by atoms with Gasteiger partial charge < -0.3 is 20.3 Å². The van der Waals surface area contributed by atoms with Crippen LogP contribution >= 0.6 is 0 Å². The van der Waals surface area contributed by atoms with Crippen LogP contribution in [0.25, 0.3) is 0 Å². The van der Waals surface area contributed by atoms with Gasteiger partial charge >= 0.3 is 0 Å². The molecule has 0 bridgehead atoms. The maximum absolute atomic E-state index is 13.7. The molecule has 2 atom stereocenters. The van der Waals surface area contributed by atoms with Crippen LogP contribution in [0.5, 0.6) is 0 Å². The summed E-state index contributed by atoms with van der Waals surface area (Å²) in [5.41, 5.74) is 2.13. The van der Waals surface area contributed by atoms with Crippen molar-refractivity contribution in [2.45, 2.75) is 57.8 Å². The lowest BCUT2D eigenvalue weighted by atomic mass is 9.96. The maximum Gasteiger partial charge on any atom is 0.191 e. The maximum atomic E-state index is 13.7. The Hall–Kier alpha value is -2.67. The number of benzene rings is 1. The fraction of sp³-hybridized carbons (Fsp3) is 0.520. The zero-order valence-corrected chi connectivity index (χ0v) is 19.3. The molecule has 6 nitrogen and oxygen atoms in total. The lowest BCUT2D eigenvalue weighted by molar-refractivity contribution is -0.00545. The first-order chi connectivity index (χ1) is 15.5. The molecule has 1 aromatic heterocycles. The van der Waals surface area contributed by atoms with Gasteiger partial charge in [0.25, 0.3) is 0 Å². The molecule has 1 saturated heterocycles. The topological polar surface area (TPSA) is 61.8 Å². The smallest absolute Gasteiger partial charge is 0.191 e. The largest absolute Gasteiger partial charge is 0.372 e. The molecule has 0 radical (unpaired) electrons. The van der Waals surface area contributed by atoms with Crippen molar-refractivity contribution in [2.75, 3.05) is 31.1 Å². The van der Waals surface area contributed by atoms with Gasteiger partial charge in [0.1, 0.15) is 11.6 Å². The first-order valence-corrected chi connectivity index (χ1v) is 11.6. The number of ether oxygens (including phenoxy) is 1. The summed E-state index contributed by atoms with van der Waals surface area (Å²) in [5, 5.41) is 6.77. The van der Waals surface area contributed by atoms with Crippen molar-refractivity contribution < 1.29 is 9.13 Å². The summed E-state index contributed by atoms with van der Waals surface area (Å²) in [5.74, 6) is 1.58. The van der Waals surface area contributed by atoms with Crippen LogP contribution < -0.4 is 15.5 Å². The van der Waals surface area contributed by atoms with Gasteiger partial charge in [0.15, 0.2) is 5.96 Å². The van der Waals surface area contributed by atoms with Crippen LogP contribution in [0.2, 0.25) is 0 Å². The van der Waals surface area contributed by atoms with Crippen LogP contribution in [0, 0.1) is 5.82 Å². The third kappa shape index (κ3) is 5.57. The third-order valence-corrected chi connectivity index (χ3v) is 6.20. The number of aliphatic imine (C=N–C) groups is 1. The standard InChI is InChI=1S/C25H34FN5O/c1-4-27-24(30-17-25(10-11-25)21-6-5-7-22(26)12-21)29-14-20-8-9-23(28-13-20)31-15-18(2)32-19(3)16-31/h5-9,12-13,18-19H,4,10-11,14-17H2,1-3H3,(H2,27,29,30). The zero-order chi connectivity index (χ0) is 22.6. The lowest BCUT2D eigenvalue weighted by Gasteiger charge is -2.36. The summed E-state index contributed by atoms with van der Waals surface area (Å²) in [4.78, 5) is 11.7. The number of nitrogens with one attached hydrogen (secondary N) is 2. The molecule has 1 aliphatic heterocycles. The van der Waals surface area contributed by atoms with E-state index in [1.807, 2.05) is 12.3 Å². The van der Waals surface area contributed by atoms with E-state index in [1.54, 1.807) is 12.1 Å². The van der Waals surface area contributed by atoms with Crippen molar-refractivity contribution in [1.29, 1.82) is 0 Å². The van der Waals surface area contributed by atoms with Crippen molar-refractivity contribution >= 4 is 11.8 Å². The molecule has 2 heterocycles. The average Bonchev–Trinajstić information content (AvgIpc) is 3.57. The third-order valence-electron chi connectivity index (χ3n) is 6.20. The number of guanidine groups is 1. The molecule has 2 fully saturated rings. The van der Waals surface area contributed by atoms with E-state index >= 15 is 0 Å². The molecule has 2 aromatic rings. The van der Waals surface area contributed by atoms with Crippen LogP contribution in [0.4, 0.5) is 10.2 Å². The summed E-state index contributed by atoms with van der Waals surface area (Å²) >= 11 is 0. The SMILES string of the molecule is CCNC(=NCc1ccc(N2CC(C)OC(C)C2)nc1)NCC1(c2cccc(F)c2)CC1. The molecule has 4 rings (SSSR count). The Morgan fingerprint density at radius 2 is 1.97 bits per heavy atom. The van der Waals surface area contributed by atoms with E-state index in [-0.39, 0.29) is 23.4 Å². The molecule has 1 aromatic carbocycles. The zero-order valence-electron chi connectivity index (χ0n) is 19.3. The number of nitrogens with zero attached hydrogens (tertiary/aromatic N) is 3. The van der Waals surface area contributed by atoms with Crippen molar-refractivity contribution in [1.82, 2.24) is 15.6 Å². The van der Waals surface area contributed by atoms with E-state index in [1.165, 1.54) is 6.07 Å². The Morgan fingerprint density at radius 3 is 2.59 bits per heavy atom. The van der Waals surface area contributed by atoms with Gasteiger partial charge in [0.2, 0.25) is 0 Å². The molecule has 2 N–H and O–H groups in total. The quantitative estimate of drug-likeness (QED) is 0.510. The number of hydrogen-bond donors (Lipinski definition) is 2. The predicted molar refractivity (Wildman–Crippen MR) is 127 cm³/mol. The Kier molecular flexibility index (Phi) is 6.94. The molecule has 1 saturated carbocycles. The van der Waals surface area contributed by atoms with Crippen molar-refractivity contribution in [3.05, 3.63) is 59.5 Å². The average molecular weight is 440 g/mol. The minimum Gasteiger partial charge on any atom is -0.372 e. The monoisotopic (exact) mass is 439 g/mol. The molecule has 7 heteroatoms. The van der Waals surface area contributed by atoms with Crippen LogP contribution in [-0.2, 0) is 16.7 Å². The van der Waals surface area contributed by atoms with Gasteiger partial charge in [-0.3, -0.25) is 0 Å². The molecule has 2 unspecified atom stereocenters. The molecular weight excluding hydrogens is 405 g/mol. The van der Waals surface area contributed by atoms with E-state index < -0.39 is 0 Å². The first-order valence-electron chi connectivity index (χ1n) is 11.6. The second-order valence-electron chi connectivity index (χ2n) is 9.03. The van der Waals surface area contributed by atoms with Crippen molar-refractivity contribution in [2.24, 2.45) is 4.99 Å². The minimum atomic E-state index is -0.175. The van der Waals surface area contributed by atoms with E-state index in [9.17, 15) is 4.39 Å². The molecule has 1 aliphatic carbocycles. The van der Waals surface area contributed by atoms with E-state index in [0.717, 1.165) is 61.9 Å². The second kappa shape index (κ2) is 9.86. The van der Waals surface area contributed by atoms with Crippen LogP contribution in [-0.4, -0.2) is 49.3 Å². The molecule has 172 valence electrons. The van der Waals surface area contributed by atoms with Crippen molar-refractivity contribution in [3.63, 3.8) is 0 Å². The number of rotatable bonds is 7. The van der Waals surface area contributed by atoms with Crippen LogP contribution in [0.3, 0.4) is 0 Å². The number of hydrogen-bond acceptors (Lipinski definition) is 4. The highest BCUT2D eigenvalue weighted by molar-refractivity contribution is 5.80. The Bertz CT molecular complexity index is 918. The van der Waals surface area contributed by atoms with Gasteiger partial charge in [-0.1, -0.05) is 18.2 Å². The van der Waals surface area contributed by atoms with Gasteiger partial charge in [-0.15, -0.1) is 0 Å². The van der Waals surface area contributed by atoms with Crippen LogP contribution in [0.15, 0.2) is 47.6 Å². The fourth-order valence-electron chi connectivity index (χ4n) is 4.36. The highest BCUT2D eigenvalue weighted by atomic mass is 19.1. The Balaban J connectivity index is 1.36. The molecular formula is C25H34FN5O. The van der Waals surface area contributed by atoms with Gasteiger partial charge in [0.05, 0.1) is 18.8 Å². The van der Waals surface area contributed by atoms with E-state index in [4.69, 9.17) is 9.73 Å². The number of aromatic nitrogens is 1. The summed E-state index contributed by atoms with van der Waals surface area (Å²) in [7, 11) is 0. The van der Waals surface area contributed by atoms with E-state index in [0.29, 0.717) is 6.54 Å². The summed E-state index contributed by atoms with van der Waals surface area (Å²) in [6, 6.07) is 11.1. The second-order valence-corrected chi connectivity index (χ2v) is 9.03. The number of morpholine rings is 1. The van der Waals surface area contributed by atoms with Gasteiger partial charge in [-0.05, 0) is 62.9 Å². The van der Waals surface area contributed by atoms with Gasteiger partial charge in [0, 0.05) is 37.8 Å². The predicted octanol–water partition coefficient (Wildman–Crippen LogP) is 3.62. The molecule has 32 heavy (non-hydrogen) atoms. The Morgan fingerprint density at radius 1 is 1.19 bits per heavy atom. The summed E-state index contributed by atoms with van der Waals surface area (Å²) in [6.45, 7) is 10.0. The number of halogens is 1. The summed E-state index contributed by atoms with van der Waals surface area (Å²) < 4.78 is 19.5. The van der Waals surface area contributed by atoms with Gasteiger partial charge in [-0.25, -0.2) is 14.4 Å².